The first-order valence-electron chi connectivity index (χ1n) is 10.3. The number of hydrogen-bond acceptors (Lipinski definition) is 1. The van der Waals surface area contributed by atoms with Gasteiger partial charge in [0, 0.05) is 3.92 Å². The highest BCUT2D eigenvalue weighted by molar-refractivity contribution is 14.1. The number of fused-ring (bicyclic) bond motifs is 5. The van der Waals surface area contributed by atoms with Crippen molar-refractivity contribution in [1.29, 1.82) is 0 Å². The molecule has 1 N–H and O–H groups in total. The molecule has 4 aliphatic carbocycles. The molecule has 3 heteroatoms. The van der Waals surface area contributed by atoms with E-state index in [1.807, 2.05) is 6.92 Å². The number of hydrogen-bond donors (Lipinski definition) is 1. The lowest BCUT2D eigenvalue weighted by Crippen LogP contribution is -2.50. The van der Waals surface area contributed by atoms with Gasteiger partial charge in [0.2, 0.25) is 0 Å². The number of carboxylic acid groups (broad SMARTS) is 1. The Morgan fingerprint density at radius 1 is 1.20 bits per heavy atom. The maximum atomic E-state index is 11.6. The van der Waals surface area contributed by atoms with Gasteiger partial charge in [0.1, 0.15) is 0 Å². The molecule has 3 unspecified atom stereocenters. The highest BCUT2D eigenvalue weighted by Crippen LogP contribution is 2.67. The van der Waals surface area contributed by atoms with Crippen LogP contribution in [0.25, 0.3) is 0 Å². The van der Waals surface area contributed by atoms with Crippen LogP contribution in [0.4, 0.5) is 0 Å². The van der Waals surface area contributed by atoms with Crippen LogP contribution in [0.3, 0.4) is 0 Å². The van der Waals surface area contributed by atoms with Crippen LogP contribution in [0.5, 0.6) is 0 Å². The van der Waals surface area contributed by atoms with Gasteiger partial charge in [-0.1, -0.05) is 55.0 Å². The predicted molar refractivity (Wildman–Crippen MR) is 110 cm³/mol. The standard InChI is InChI=1S/C22H33IO2/c1-13(20(24)25)17-6-7-18-16-5-4-14-12-15(23)8-10-21(14,2)19(16)9-11-22(17,18)3/h4,13,15-19H,5-12H2,1-3H3,(H,24,25)/t13?,15?,16-,17?,18-,19-,21-,22+/m0/s1. The summed E-state index contributed by atoms with van der Waals surface area (Å²) in [6.07, 6.45) is 12.9. The molecule has 0 aromatic carbocycles. The lowest BCUT2D eigenvalue weighted by molar-refractivity contribution is -0.146. The largest absolute Gasteiger partial charge is 0.481 e. The maximum absolute atomic E-state index is 11.6. The molecule has 3 saturated carbocycles. The van der Waals surface area contributed by atoms with Gasteiger partial charge in [-0.15, -0.1) is 0 Å². The molecule has 0 radical (unpaired) electrons. The van der Waals surface area contributed by atoms with Crippen LogP contribution in [-0.4, -0.2) is 15.0 Å². The highest BCUT2D eigenvalue weighted by Gasteiger charge is 2.59. The number of alkyl halides is 1. The monoisotopic (exact) mass is 456 g/mol. The first-order chi connectivity index (χ1) is 11.8. The molecule has 0 aromatic rings. The summed E-state index contributed by atoms with van der Waals surface area (Å²) in [6, 6.07) is 0. The van der Waals surface area contributed by atoms with Gasteiger partial charge in [-0.05, 0) is 85.9 Å². The smallest absolute Gasteiger partial charge is 0.306 e. The Morgan fingerprint density at radius 2 is 1.96 bits per heavy atom. The average Bonchev–Trinajstić information content (AvgIpc) is 2.92. The number of rotatable bonds is 2. The van der Waals surface area contributed by atoms with E-state index >= 15 is 0 Å². The van der Waals surface area contributed by atoms with Crippen molar-refractivity contribution in [1.82, 2.24) is 0 Å². The molecule has 8 atom stereocenters. The van der Waals surface area contributed by atoms with Gasteiger partial charge in [-0.3, -0.25) is 4.79 Å². The van der Waals surface area contributed by atoms with Crippen molar-refractivity contribution in [3.63, 3.8) is 0 Å². The van der Waals surface area contributed by atoms with Gasteiger partial charge in [0.25, 0.3) is 0 Å². The Morgan fingerprint density at radius 3 is 2.68 bits per heavy atom. The van der Waals surface area contributed by atoms with E-state index in [0.29, 0.717) is 11.3 Å². The minimum Gasteiger partial charge on any atom is -0.481 e. The Hall–Kier alpha value is -0.0600. The molecule has 0 saturated heterocycles. The molecule has 140 valence electrons. The molecular weight excluding hydrogens is 423 g/mol. The normalized spacial score (nSPS) is 50.2. The molecule has 4 rings (SSSR count). The average molecular weight is 456 g/mol. The molecule has 0 heterocycles. The minimum absolute atomic E-state index is 0.189. The van der Waals surface area contributed by atoms with Crippen LogP contribution in [0.1, 0.15) is 72.1 Å². The second kappa shape index (κ2) is 6.24. The van der Waals surface area contributed by atoms with E-state index in [2.05, 4.69) is 42.5 Å². The summed E-state index contributed by atoms with van der Waals surface area (Å²) in [5, 5.41) is 9.59. The maximum Gasteiger partial charge on any atom is 0.306 e. The lowest BCUT2D eigenvalue weighted by Gasteiger charge is -2.58. The molecule has 0 bridgehead atoms. The molecular formula is C22H33IO2. The summed E-state index contributed by atoms with van der Waals surface area (Å²) in [6.45, 7) is 6.95. The van der Waals surface area contributed by atoms with Crippen molar-refractivity contribution < 1.29 is 9.90 Å². The van der Waals surface area contributed by atoms with E-state index in [1.54, 1.807) is 5.57 Å². The fraction of sp³-hybridized carbons (Fsp3) is 0.864. The number of aliphatic carboxylic acids is 1. The highest BCUT2D eigenvalue weighted by atomic mass is 127. The SMILES string of the molecule is CC(C(=O)O)C1CC[C@H]2[C@@H]3CC=C4CC(I)CC[C@]4(C)[C@H]3CC[C@]12C. The second-order valence-electron chi connectivity index (χ2n) is 9.95. The van der Waals surface area contributed by atoms with Gasteiger partial charge in [-0.2, -0.15) is 0 Å². The summed E-state index contributed by atoms with van der Waals surface area (Å²) < 4.78 is 0.828. The van der Waals surface area contributed by atoms with Crippen LogP contribution in [0, 0.1) is 40.4 Å². The van der Waals surface area contributed by atoms with Crippen molar-refractivity contribution in [3.05, 3.63) is 11.6 Å². The molecule has 0 aromatic heterocycles. The van der Waals surface area contributed by atoms with Gasteiger partial charge < -0.3 is 5.11 Å². The number of carboxylic acids is 1. The van der Waals surface area contributed by atoms with Gasteiger partial charge in [0.05, 0.1) is 5.92 Å². The summed E-state index contributed by atoms with van der Waals surface area (Å²) >= 11 is 2.65. The number of allylic oxidation sites excluding steroid dienone is 2. The first kappa shape index (κ1) is 18.3. The van der Waals surface area contributed by atoms with Gasteiger partial charge in [-0.25, -0.2) is 0 Å². The molecule has 0 spiro atoms. The van der Waals surface area contributed by atoms with E-state index in [4.69, 9.17) is 0 Å². The molecule has 25 heavy (non-hydrogen) atoms. The van der Waals surface area contributed by atoms with E-state index < -0.39 is 5.97 Å². The third kappa shape index (κ3) is 2.65. The zero-order valence-corrected chi connectivity index (χ0v) is 18.1. The van der Waals surface area contributed by atoms with Gasteiger partial charge >= 0.3 is 5.97 Å². The Balaban J connectivity index is 1.63. The van der Waals surface area contributed by atoms with Crippen LogP contribution in [-0.2, 0) is 4.79 Å². The Kier molecular flexibility index (Phi) is 4.57. The fourth-order valence-corrected chi connectivity index (χ4v) is 8.44. The molecule has 0 aliphatic heterocycles. The molecule has 2 nitrogen and oxygen atoms in total. The summed E-state index contributed by atoms with van der Waals surface area (Å²) in [5.41, 5.74) is 2.44. The van der Waals surface area contributed by atoms with Crippen molar-refractivity contribution in [3.8, 4) is 0 Å². The Bertz CT molecular complexity index is 599. The Labute approximate surface area is 166 Å². The van der Waals surface area contributed by atoms with E-state index in [0.717, 1.165) is 28.1 Å². The minimum atomic E-state index is -0.591. The van der Waals surface area contributed by atoms with Crippen LogP contribution in [0.15, 0.2) is 11.6 Å². The van der Waals surface area contributed by atoms with Crippen molar-refractivity contribution in [2.75, 3.05) is 0 Å². The summed E-state index contributed by atoms with van der Waals surface area (Å²) in [7, 11) is 0. The third-order valence-corrected chi connectivity index (χ3v) is 10.2. The van der Waals surface area contributed by atoms with E-state index in [-0.39, 0.29) is 11.3 Å². The van der Waals surface area contributed by atoms with Crippen LogP contribution in [0.2, 0.25) is 0 Å². The van der Waals surface area contributed by atoms with Crippen molar-refractivity contribution in [2.24, 2.45) is 40.4 Å². The van der Waals surface area contributed by atoms with Gasteiger partial charge in [0.15, 0.2) is 0 Å². The second-order valence-corrected chi connectivity index (χ2v) is 11.7. The van der Waals surface area contributed by atoms with Crippen molar-refractivity contribution >= 4 is 28.6 Å². The fourth-order valence-electron chi connectivity index (χ4n) is 7.65. The van der Waals surface area contributed by atoms with E-state index in [9.17, 15) is 9.90 Å². The quantitative estimate of drug-likeness (QED) is 0.310. The number of halogens is 1. The molecule has 0 amide bonds. The third-order valence-electron chi connectivity index (χ3n) is 9.11. The zero-order valence-electron chi connectivity index (χ0n) is 15.9. The van der Waals surface area contributed by atoms with Crippen LogP contribution >= 0.6 is 22.6 Å². The molecule has 3 fully saturated rings. The zero-order chi connectivity index (χ0) is 18.0. The number of carbonyl (C=O) groups is 1. The van der Waals surface area contributed by atoms with Crippen molar-refractivity contribution in [2.45, 2.75) is 76.1 Å². The topological polar surface area (TPSA) is 37.3 Å². The first-order valence-corrected chi connectivity index (χ1v) is 11.6. The predicted octanol–water partition coefficient (Wildman–Crippen LogP) is 6.09. The lowest BCUT2D eigenvalue weighted by atomic mass is 9.47. The van der Waals surface area contributed by atoms with E-state index in [1.165, 1.54) is 44.9 Å². The summed E-state index contributed by atoms with van der Waals surface area (Å²) in [5.74, 6) is 1.97. The van der Waals surface area contributed by atoms with Crippen LogP contribution < -0.4 is 0 Å². The summed E-state index contributed by atoms with van der Waals surface area (Å²) in [4.78, 5) is 11.6. The molecule has 4 aliphatic rings.